The summed E-state index contributed by atoms with van der Waals surface area (Å²) in [7, 11) is 0. The molecule has 1 amide bonds. The number of hydrogen-bond acceptors (Lipinski definition) is 7. The summed E-state index contributed by atoms with van der Waals surface area (Å²) in [6.07, 6.45) is 0. The fourth-order valence-electron chi connectivity index (χ4n) is 1.41. The number of nitro groups is 1. The van der Waals surface area contributed by atoms with Gasteiger partial charge in [-0.2, -0.15) is 9.78 Å². The maximum Gasteiger partial charge on any atom is 0.360 e. The maximum absolute atomic E-state index is 11.8. The Labute approximate surface area is 106 Å². The molecule has 3 N–H and O–H groups in total. The molecule has 0 radical (unpaired) electrons. The molecule has 9 nitrogen and oxygen atoms in total. The second-order valence-corrected chi connectivity index (χ2v) is 3.81. The van der Waals surface area contributed by atoms with Crippen molar-refractivity contribution in [1.29, 1.82) is 0 Å². The summed E-state index contributed by atoms with van der Waals surface area (Å²) in [6.45, 7) is -0.628. The minimum absolute atomic E-state index is 0.0110. The molecule has 9 heteroatoms. The van der Waals surface area contributed by atoms with Gasteiger partial charge in [-0.05, 0) is 6.07 Å². The molecular weight excluding hydrogens is 260 g/mol. The maximum atomic E-state index is 11.8. The van der Waals surface area contributed by atoms with Gasteiger partial charge in [0.05, 0.1) is 11.5 Å². The number of carbonyl (C=O) groups is 1. The van der Waals surface area contributed by atoms with Gasteiger partial charge < -0.3 is 15.5 Å². The molecule has 0 aliphatic carbocycles. The first-order valence-corrected chi connectivity index (χ1v) is 5.21. The van der Waals surface area contributed by atoms with Crippen molar-refractivity contribution < 1.29 is 29.7 Å². The predicted octanol–water partition coefficient (Wildman–Crippen LogP) is -0.707. The number of rotatable bonds is 5. The lowest BCUT2D eigenvalue weighted by Crippen LogP contribution is -2.47. The van der Waals surface area contributed by atoms with Gasteiger partial charge in [0.2, 0.25) is 0 Å². The lowest BCUT2D eigenvalue weighted by molar-refractivity contribution is -0.384. The van der Waals surface area contributed by atoms with Gasteiger partial charge >= 0.3 is 5.97 Å². The smallest absolute Gasteiger partial charge is 0.360 e. The van der Waals surface area contributed by atoms with Gasteiger partial charge in [-0.1, -0.05) is 6.07 Å². The third kappa shape index (κ3) is 2.85. The van der Waals surface area contributed by atoms with Crippen molar-refractivity contribution in [3.05, 3.63) is 39.9 Å². The highest BCUT2D eigenvalue weighted by atomic mass is 17.4. The SMILES string of the molecule is O=C(N[C@H](CO)C1(O)OO1)c1cccc([N+](=O)[O-])c1. The second kappa shape index (κ2) is 4.90. The third-order valence-corrected chi connectivity index (χ3v) is 2.50. The number of aliphatic hydroxyl groups is 2. The van der Waals surface area contributed by atoms with Crippen molar-refractivity contribution in [1.82, 2.24) is 5.32 Å². The quantitative estimate of drug-likeness (QED) is 0.278. The van der Waals surface area contributed by atoms with Crippen LogP contribution >= 0.6 is 0 Å². The molecule has 1 atom stereocenters. The van der Waals surface area contributed by atoms with Crippen LogP contribution in [0.3, 0.4) is 0 Å². The van der Waals surface area contributed by atoms with E-state index in [0.717, 1.165) is 6.07 Å². The Morgan fingerprint density at radius 1 is 1.53 bits per heavy atom. The zero-order valence-electron chi connectivity index (χ0n) is 9.48. The van der Waals surface area contributed by atoms with Crippen LogP contribution in [-0.4, -0.2) is 39.7 Å². The summed E-state index contributed by atoms with van der Waals surface area (Å²) >= 11 is 0. The summed E-state index contributed by atoms with van der Waals surface area (Å²) in [5.41, 5.74) is -0.234. The van der Waals surface area contributed by atoms with Crippen LogP contribution in [0.1, 0.15) is 10.4 Å². The zero-order valence-corrected chi connectivity index (χ0v) is 9.48. The van der Waals surface area contributed by atoms with Crippen LogP contribution in [0.15, 0.2) is 24.3 Å². The van der Waals surface area contributed by atoms with E-state index in [4.69, 9.17) is 5.11 Å². The number of benzene rings is 1. The van der Waals surface area contributed by atoms with Crippen molar-refractivity contribution in [2.75, 3.05) is 6.61 Å². The molecule has 1 aromatic carbocycles. The summed E-state index contributed by atoms with van der Waals surface area (Å²) in [4.78, 5) is 30.2. The Morgan fingerprint density at radius 2 is 2.21 bits per heavy atom. The van der Waals surface area contributed by atoms with Crippen LogP contribution < -0.4 is 5.32 Å². The van der Waals surface area contributed by atoms with Gasteiger partial charge in [0.25, 0.3) is 11.6 Å². The molecule has 19 heavy (non-hydrogen) atoms. The standard InChI is InChI=1S/C10H10N2O7/c13-5-8(10(15)18-19-10)11-9(14)6-2-1-3-7(4-6)12(16)17/h1-4,8,13,15H,5H2,(H,11,14)/t8-/m1/s1. The van der Waals surface area contributed by atoms with Gasteiger partial charge in [-0.3, -0.25) is 14.9 Å². The number of nitro benzene ring substituents is 1. The Balaban J connectivity index is 2.11. The first-order chi connectivity index (χ1) is 8.96. The molecule has 1 heterocycles. The lowest BCUT2D eigenvalue weighted by Gasteiger charge is -2.15. The molecule has 1 saturated heterocycles. The van der Waals surface area contributed by atoms with E-state index in [9.17, 15) is 20.0 Å². The number of nitrogens with zero attached hydrogens (tertiary/aromatic N) is 1. The summed E-state index contributed by atoms with van der Waals surface area (Å²) in [6, 6.07) is 3.82. The van der Waals surface area contributed by atoms with Crippen LogP contribution in [0.4, 0.5) is 5.69 Å². The molecule has 0 saturated carbocycles. The molecule has 0 unspecified atom stereocenters. The molecule has 1 fully saturated rings. The van der Waals surface area contributed by atoms with E-state index in [1.165, 1.54) is 18.2 Å². The van der Waals surface area contributed by atoms with E-state index < -0.39 is 29.5 Å². The van der Waals surface area contributed by atoms with E-state index in [0.29, 0.717) is 0 Å². The molecule has 1 aliphatic heterocycles. The van der Waals surface area contributed by atoms with Crippen molar-refractivity contribution in [2.45, 2.75) is 12.0 Å². The van der Waals surface area contributed by atoms with E-state index in [1.54, 1.807) is 0 Å². The van der Waals surface area contributed by atoms with E-state index in [2.05, 4.69) is 15.1 Å². The van der Waals surface area contributed by atoms with Gasteiger partial charge in [0, 0.05) is 17.7 Å². The summed E-state index contributed by atoms with van der Waals surface area (Å²) in [5, 5.41) is 31.2. The van der Waals surface area contributed by atoms with Crippen molar-refractivity contribution in [3.63, 3.8) is 0 Å². The van der Waals surface area contributed by atoms with Crippen LogP contribution in [0.25, 0.3) is 0 Å². The first kappa shape index (κ1) is 13.4. The number of carbonyl (C=O) groups excluding carboxylic acids is 1. The minimum atomic E-state index is -2.05. The average molecular weight is 270 g/mol. The van der Waals surface area contributed by atoms with Crippen LogP contribution in [0.2, 0.25) is 0 Å². The van der Waals surface area contributed by atoms with Crippen molar-refractivity contribution in [3.8, 4) is 0 Å². The van der Waals surface area contributed by atoms with E-state index >= 15 is 0 Å². The van der Waals surface area contributed by atoms with Gasteiger partial charge in [0.1, 0.15) is 6.04 Å². The topological polar surface area (TPSA) is 138 Å². The fourth-order valence-corrected chi connectivity index (χ4v) is 1.41. The highest BCUT2D eigenvalue weighted by Crippen LogP contribution is 2.29. The number of non-ortho nitro benzene ring substituents is 1. The number of hydrogen-bond donors (Lipinski definition) is 3. The van der Waals surface area contributed by atoms with Crippen LogP contribution in [0, 0.1) is 10.1 Å². The number of aliphatic hydroxyl groups excluding tert-OH is 1. The van der Waals surface area contributed by atoms with Crippen LogP contribution in [0.5, 0.6) is 0 Å². The lowest BCUT2D eigenvalue weighted by atomic mass is 10.1. The van der Waals surface area contributed by atoms with Gasteiger partial charge in [0.15, 0.2) is 0 Å². The Kier molecular flexibility index (Phi) is 3.44. The molecular formula is C10H10N2O7. The highest BCUT2D eigenvalue weighted by molar-refractivity contribution is 5.95. The molecule has 0 bridgehead atoms. The van der Waals surface area contributed by atoms with E-state index in [-0.39, 0.29) is 11.3 Å². The number of nitrogens with one attached hydrogen (secondary N) is 1. The summed E-state index contributed by atoms with van der Waals surface area (Å²) in [5.74, 6) is -2.76. The average Bonchev–Trinajstić information content (AvgIpc) is 3.14. The van der Waals surface area contributed by atoms with Crippen molar-refractivity contribution >= 4 is 11.6 Å². The number of amides is 1. The van der Waals surface area contributed by atoms with Crippen LogP contribution in [-0.2, 0) is 9.78 Å². The van der Waals surface area contributed by atoms with Crippen molar-refractivity contribution in [2.24, 2.45) is 0 Å². The molecule has 1 aromatic rings. The molecule has 2 rings (SSSR count). The highest BCUT2D eigenvalue weighted by Gasteiger charge is 2.55. The molecule has 102 valence electrons. The molecule has 1 aliphatic rings. The predicted molar refractivity (Wildman–Crippen MR) is 58.6 cm³/mol. The molecule has 0 aromatic heterocycles. The Hall–Kier alpha value is -2.07. The minimum Gasteiger partial charge on any atom is -0.394 e. The Bertz CT molecular complexity index is 514. The normalized spacial score (nSPS) is 17.6. The van der Waals surface area contributed by atoms with Gasteiger partial charge in [-0.25, -0.2) is 0 Å². The monoisotopic (exact) mass is 270 g/mol. The van der Waals surface area contributed by atoms with E-state index in [1.807, 2.05) is 0 Å². The molecule has 0 spiro atoms. The largest absolute Gasteiger partial charge is 0.394 e. The zero-order chi connectivity index (χ0) is 14.0. The third-order valence-electron chi connectivity index (χ3n) is 2.50. The Morgan fingerprint density at radius 3 is 2.74 bits per heavy atom. The second-order valence-electron chi connectivity index (χ2n) is 3.81. The fraction of sp³-hybridized carbons (Fsp3) is 0.300. The first-order valence-electron chi connectivity index (χ1n) is 5.21. The van der Waals surface area contributed by atoms with Gasteiger partial charge in [-0.15, -0.1) is 0 Å². The summed E-state index contributed by atoms with van der Waals surface area (Å²) < 4.78 is 0.